The highest BCUT2D eigenvalue weighted by atomic mass is 32.2. The average Bonchev–Trinajstić information content (AvgIpc) is 2.93. The van der Waals surface area contributed by atoms with E-state index in [4.69, 9.17) is 4.74 Å². The summed E-state index contributed by atoms with van der Waals surface area (Å²) in [5.74, 6) is -1.07. The molecule has 3 rings (SSSR count). The van der Waals surface area contributed by atoms with E-state index in [0.717, 1.165) is 17.7 Å². The van der Waals surface area contributed by atoms with Crippen LogP contribution >= 0.6 is 23.1 Å². The van der Waals surface area contributed by atoms with E-state index in [9.17, 15) is 15.0 Å². The number of nitrogens with zero attached hydrogens (tertiary/aromatic N) is 1. The molecule has 0 saturated carbocycles. The van der Waals surface area contributed by atoms with Crippen molar-refractivity contribution in [2.45, 2.75) is 28.9 Å². The molecule has 1 aromatic carbocycles. The maximum absolute atomic E-state index is 12.1. The van der Waals surface area contributed by atoms with Gasteiger partial charge >= 0.3 is 5.97 Å². The largest absolute Gasteiger partial charge is 0.505 e. The maximum atomic E-state index is 12.1. The molecule has 0 aliphatic rings. The van der Waals surface area contributed by atoms with E-state index >= 15 is 0 Å². The lowest BCUT2D eigenvalue weighted by molar-refractivity contribution is 0.0489. The second kappa shape index (κ2) is 7.76. The molecule has 0 aliphatic carbocycles. The third kappa shape index (κ3) is 3.72. The van der Waals surface area contributed by atoms with Crippen molar-refractivity contribution in [3.8, 4) is 11.5 Å². The number of carbonyl (C=O) groups excluding carboxylic acids is 1. The molecule has 25 heavy (non-hydrogen) atoms. The van der Waals surface area contributed by atoms with Crippen LogP contribution in [0.5, 0.6) is 11.5 Å². The molecule has 0 fully saturated rings. The normalized spacial score (nSPS) is 10.9. The quantitative estimate of drug-likeness (QED) is 0.475. The van der Waals surface area contributed by atoms with Crippen molar-refractivity contribution in [2.24, 2.45) is 0 Å². The summed E-state index contributed by atoms with van der Waals surface area (Å²) in [5, 5.41) is 21.1. The van der Waals surface area contributed by atoms with Crippen molar-refractivity contribution in [1.29, 1.82) is 0 Å². The van der Waals surface area contributed by atoms with Crippen LogP contribution in [0, 0.1) is 0 Å². The standard InChI is InChI=1S/C18H17NO4S2/c1-2-3-9-23-17(22)14-15(20)13-12(10-19-14)25-18(16(13)21)24-11-7-5-4-6-8-11/h4-8,10,20-21H,2-3,9H2,1H3. The minimum absolute atomic E-state index is 0.0450. The molecule has 2 N–H and O–H groups in total. The van der Waals surface area contributed by atoms with Crippen LogP contribution in [0.3, 0.4) is 0 Å². The molecule has 5 nitrogen and oxygen atoms in total. The van der Waals surface area contributed by atoms with Crippen molar-refractivity contribution in [1.82, 2.24) is 4.98 Å². The molecule has 7 heteroatoms. The fourth-order valence-corrected chi connectivity index (χ4v) is 4.46. The first kappa shape index (κ1) is 17.6. The summed E-state index contributed by atoms with van der Waals surface area (Å²) in [5.41, 5.74) is -0.173. The summed E-state index contributed by atoms with van der Waals surface area (Å²) < 4.78 is 6.34. The SMILES string of the molecule is CCCCOC(=O)c1ncc2sc(Sc3ccccc3)c(O)c2c1O. The number of unbranched alkanes of at least 4 members (excludes halogenated alkanes) is 1. The van der Waals surface area contributed by atoms with Gasteiger partial charge in [-0.05, 0) is 18.6 Å². The molecule has 0 saturated heterocycles. The molecule has 0 bridgehead atoms. The van der Waals surface area contributed by atoms with E-state index in [-0.39, 0.29) is 29.2 Å². The van der Waals surface area contributed by atoms with Crippen molar-refractivity contribution >= 4 is 39.2 Å². The number of fused-ring (bicyclic) bond motifs is 1. The second-order valence-electron chi connectivity index (χ2n) is 5.34. The van der Waals surface area contributed by atoms with E-state index in [2.05, 4.69) is 4.98 Å². The van der Waals surface area contributed by atoms with Gasteiger partial charge in [-0.2, -0.15) is 0 Å². The van der Waals surface area contributed by atoms with E-state index < -0.39 is 5.97 Å². The molecular formula is C18H17NO4S2. The third-order valence-electron chi connectivity index (χ3n) is 3.53. The number of ether oxygens (including phenoxy) is 1. The highest BCUT2D eigenvalue weighted by Crippen LogP contribution is 2.48. The number of rotatable bonds is 6. The zero-order valence-electron chi connectivity index (χ0n) is 13.6. The van der Waals surface area contributed by atoms with Gasteiger partial charge < -0.3 is 14.9 Å². The summed E-state index contributed by atoms with van der Waals surface area (Å²) in [6.07, 6.45) is 3.12. The number of esters is 1. The molecule has 0 radical (unpaired) electrons. The van der Waals surface area contributed by atoms with Crippen LogP contribution in [0.4, 0.5) is 0 Å². The zero-order valence-corrected chi connectivity index (χ0v) is 15.2. The molecule has 3 aromatic rings. The van der Waals surface area contributed by atoms with E-state index in [1.165, 1.54) is 29.3 Å². The topological polar surface area (TPSA) is 79.7 Å². The number of thiophene rings is 1. The van der Waals surface area contributed by atoms with Gasteiger partial charge in [-0.1, -0.05) is 43.3 Å². The summed E-state index contributed by atoms with van der Waals surface area (Å²) in [4.78, 5) is 17.0. The Morgan fingerprint density at radius 1 is 1.24 bits per heavy atom. The Labute approximate surface area is 153 Å². The lowest BCUT2D eigenvalue weighted by atomic mass is 10.2. The first-order valence-corrected chi connectivity index (χ1v) is 9.48. The highest BCUT2D eigenvalue weighted by molar-refractivity contribution is 8.01. The van der Waals surface area contributed by atoms with Gasteiger partial charge in [0.15, 0.2) is 17.2 Å². The minimum Gasteiger partial charge on any atom is -0.505 e. The molecule has 0 atom stereocenters. The van der Waals surface area contributed by atoms with Crippen LogP contribution in [0.1, 0.15) is 30.3 Å². The van der Waals surface area contributed by atoms with E-state index in [0.29, 0.717) is 8.91 Å². The molecule has 2 aromatic heterocycles. The zero-order chi connectivity index (χ0) is 17.8. The number of pyridine rings is 1. The predicted molar refractivity (Wildman–Crippen MR) is 98.7 cm³/mol. The Kier molecular flexibility index (Phi) is 5.45. The lowest BCUT2D eigenvalue weighted by Gasteiger charge is -2.05. The van der Waals surface area contributed by atoms with E-state index in [1.54, 1.807) is 0 Å². The number of aromatic hydroxyl groups is 2. The fraction of sp³-hybridized carbons (Fsp3) is 0.222. The number of hydrogen-bond donors (Lipinski definition) is 2. The van der Waals surface area contributed by atoms with Crippen LogP contribution in [0.25, 0.3) is 10.1 Å². The Balaban J connectivity index is 1.93. The van der Waals surface area contributed by atoms with Gasteiger partial charge in [-0.15, -0.1) is 11.3 Å². The molecule has 0 amide bonds. The number of benzene rings is 1. The van der Waals surface area contributed by atoms with Crippen LogP contribution < -0.4 is 0 Å². The molecule has 0 unspecified atom stereocenters. The molecule has 2 heterocycles. The van der Waals surface area contributed by atoms with Gasteiger partial charge in [0.2, 0.25) is 0 Å². The van der Waals surface area contributed by atoms with Crippen molar-refractivity contribution in [3.05, 3.63) is 42.2 Å². The Morgan fingerprint density at radius 2 is 2.00 bits per heavy atom. The van der Waals surface area contributed by atoms with Gasteiger partial charge in [-0.25, -0.2) is 9.78 Å². The Hall–Kier alpha value is -2.25. The van der Waals surface area contributed by atoms with Crippen LogP contribution in [0.2, 0.25) is 0 Å². The van der Waals surface area contributed by atoms with Crippen molar-refractivity contribution < 1.29 is 19.7 Å². The molecule has 0 aliphatic heterocycles. The fourth-order valence-electron chi connectivity index (χ4n) is 2.23. The van der Waals surface area contributed by atoms with Crippen LogP contribution in [-0.2, 0) is 4.74 Å². The summed E-state index contributed by atoms with van der Waals surface area (Å²) >= 11 is 2.71. The molecular weight excluding hydrogens is 358 g/mol. The van der Waals surface area contributed by atoms with Gasteiger partial charge in [0.25, 0.3) is 0 Å². The van der Waals surface area contributed by atoms with Gasteiger partial charge in [-0.3, -0.25) is 0 Å². The second-order valence-corrected chi connectivity index (χ2v) is 7.73. The smallest absolute Gasteiger partial charge is 0.360 e. The highest BCUT2D eigenvalue weighted by Gasteiger charge is 2.23. The Bertz CT molecular complexity index is 893. The lowest BCUT2D eigenvalue weighted by Crippen LogP contribution is -2.08. The number of carbonyl (C=O) groups is 1. The minimum atomic E-state index is -0.685. The Morgan fingerprint density at radius 3 is 2.72 bits per heavy atom. The van der Waals surface area contributed by atoms with Gasteiger partial charge in [0, 0.05) is 11.1 Å². The maximum Gasteiger partial charge on any atom is 0.360 e. The predicted octanol–water partition coefficient (Wildman–Crippen LogP) is 4.82. The molecule has 0 spiro atoms. The average molecular weight is 375 g/mol. The van der Waals surface area contributed by atoms with Gasteiger partial charge in [0.1, 0.15) is 4.21 Å². The van der Waals surface area contributed by atoms with Crippen molar-refractivity contribution in [3.63, 3.8) is 0 Å². The third-order valence-corrected chi connectivity index (χ3v) is 5.82. The summed E-state index contributed by atoms with van der Waals surface area (Å²) in [7, 11) is 0. The van der Waals surface area contributed by atoms with Crippen LogP contribution in [0.15, 0.2) is 45.6 Å². The number of hydrogen-bond acceptors (Lipinski definition) is 7. The van der Waals surface area contributed by atoms with Crippen molar-refractivity contribution in [2.75, 3.05) is 6.61 Å². The number of aromatic nitrogens is 1. The summed E-state index contributed by atoms with van der Waals surface area (Å²) in [6.45, 7) is 2.27. The first-order valence-electron chi connectivity index (χ1n) is 7.85. The van der Waals surface area contributed by atoms with Gasteiger partial charge in [0.05, 0.1) is 16.7 Å². The van der Waals surface area contributed by atoms with E-state index in [1.807, 2.05) is 37.3 Å². The molecule has 130 valence electrons. The summed E-state index contributed by atoms with van der Waals surface area (Å²) in [6, 6.07) is 9.61. The van der Waals surface area contributed by atoms with Crippen LogP contribution in [-0.4, -0.2) is 27.8 Å². The first-order chi connectivity index (χ1) is 12.1. The monoisotopic (exact) mass is 375 g/mol.